The molecular weight excluding hydrogens is 346 g/mol. The van der Waals surface area contributed by atoms with Crippen LogP contribution >= 0.6 is 0 Å². The van der Waals surface area contributed by atoms with E-state index in [0.717, 1.165) is 0 Å². The Morgan fingerprint density at radius 2 is 2.15 bits per heavy atom. The van der Waals surface area contributed by atoms with Crippen LogP contribution in [0.15, 0.2) is 18.3 Å². The van der Waals surface area contributed by atoms with Crippen LogP contribution in [0.25, 0.3) is 0 Å². The number of hydrogen-bond acceptors (Lipinski definition) is 6. The molecule has 0 aliphatic carbocycles. The third kappa shape index (κ3) is 4.37. The van der Waals surface area contributed by atoms with Crippen LogP contribution in [0.5, 0.6) is 0 Å². The number of aromatic nitrogens is 1. The maximum Gasteiger partial charge on any atom is 0.227 e. The lowest BCUT2D eigenvalue weighted by Gasteiger charge is -2.39. The lowest BCUT2D eigenvalue weighted by molar-refractivity contribution is -0.143. The van der Waals surface area contributed by atoms with Crippen molar-refractivity contribution in [2.45, 2.75) is 12.8 Å². The zero-order valence-corrected chi connectivity index (χ0v) is 15.6. The van der Waals surface area contributed by atoms with Gasteiger partial charge in [0.1, 0.15) is 11.9 Å². The van der Waals surface area contributed by atoms with Crippen molar-refractivity contribution >= 4 is 17.6 Å². The first kappa shape index (κ1) is 19.1. The lowest BCUT2D eigenvalue weighted by atomic mass is 9.95. The monoisotopic (exact) mass is 371 g/mol. The highest BCUT2D eigenvalue weighted by Crippen LogP contribution is 2.22. The summed E-state index contributed by atoms with van der Waals surface area (Å²) in [5.74, 6) is 0.753. The molecule has 8 heteroatoms. The maximum absolute atomic E-state index is 12.9. The number of likely N-dealkylation sites (tertiary alicyclic amines) is 1. The number of rotatable bonds is 5. The molecule has 2 fully saturated rings. The van der Waals surface area contributed by atoms with Gasteiger partial charge in [0.25, 0.3) is 0 Å². The SMILES string of the molecule is COCCN1C[C@H](C(=O)N2CCN(c3ncccc3C#N)CC2)CCC1=O. The second-order valence-corrected chi connectivity index (χ2v) is 6.87. The van der Waals surface area contributed by atoms with E-state index in [4.69, 9.17) is 4.74 Å². The standard InChI is InChI=1S/C19H25N5O3/c1-27-12-11-24-14-16(4-5-17(24)25)19(26)23-9-7-22(8-10-23)18-15(13-20)3-2-6-21-18/h2-3,6,16H,4-5,7-12,14H2,1H3/t16-/m1/s1. The highest BCUT2D eigenvalue weighted by Gasteiger charge is 2.34. The number of nitrogens with zero attached hydrogens (tertiary/aromatic N) is 5. The Bertz CT molecular complexity index is 724. The van der Waals surface area contributed by atoms with E-state index >= 15 is 0 Å². The van der Waals surface area contributed by atoms with Gasteiger partial charge in [-0.15, -0.1) is 0 Å². The van der Waals surface area contributed by atoms with Crippen LogP contribution in [-0.4, -0.2) is 79.6 Å². The first-order valence-electron chi connectivity index (χ1n) is 9.29. The van der Waals surface area contributed by atoms with E-state index in [0.29, 0.717) is 70.1 Å². The Morgan fingerprint density at radius 3 is 2.85 bits per heavy atom. The van der Waals surface area contributed by atoms with Gasteiger partial charge in [-0.3, -0.25) is 9.59 Å². The van der Waals surface area contributed by atoms with Crippen LogP contribution in [0.2, 0.25) is 0 Å². The molecule has 0 N–H and O–H groups in total. The number of amides is 2. The summed E-state index contributed by atoms with van der Waals surface area (Å²) in [4.78, 5) is 34.9. The van der Waals surface area contributed by atoms with Gasteiger partial charge in [-0.25, -0.2) is 4.98 Å². The van der Waals surface area contributed by atoms with Crippen molar-refractivity contribution in [1.29, 1.82) is 5.26 Å². The average Bonchev–Trinajstić information content (AvgIpc) is 2.72. The third-order valence-corrected chi connectivity index (χ3v) is 5.21. The van der Waals surface area contributed by atoms with E-state index in [-0.39, 0.29) is 17.7 Å². The fourth-order valence-corrected chi connectivity index (χ4v) is 3.67. The summed E-state index contributed by atoms with van der Waals surface area (Å²) in [6.07, 6.45) is 2.71. The van der Waals surface area contributed by atoms with Crippen molar-refractivity contribution in [3.05, 3.63) is 23.9 Å². The zero-order valence-electron chi connectivity index (χ0n) is 15.6. The predicted molar refractivity (Wildman–Crippen MR) is 98.9 cm³/mol. The number of carbonyl (C=O) groups excluding carboxylic acids is 2. The van der Waals surface area contributed by atoms with E-state index < -0.39 is 0 Å². The highest BCUT2D eigenvalue weighted by atomic mass is 16.5. The lowest BCUT2D eigenvalue weighted by Crippen LogP contribution is -2.53. The predicted octanol–water partition coefficient (Wildman–Crippen LogP) is 0.487. The van der Waals surface area contributed by atoms with Gasteiger partial charge in [-0.1, -0.05) is 0 Å². The zero-order chi connectivity index (χ0) is 19.2. The Morgan fingerprint density at radius 1 is 1.37 bits per heavy atom. The first-order valence-corrected chi connectivity index (χ1v) is 9.29. The summed E-state index contributed by atoms with van der Waals surface area (Å²) < 4.78 is 5.05. The van der Waals surface area contributed by atoms with Crippen LogP contribution in [0, 0.1) is 17.2 Å². The van der Waals surface area contributed by atoms with Crippen LogP contribution in [-0.2, 0) is 14.3 Å². The maximum atomic E-state index is 12.9. The molecular formula is C19H25N5O3. The summed E-state index contributed by atoms with van der Waals surface area (Å²) in [5.41, 5.74) is 0.553. The molecule has 1 aromatic heterocycles. The molecule has 2 saturated heterocycles. The number of methoxy groups -OCH3 is 1. The van der Waals surface area contributed by atoms with Gasteiger partial charge in [0.05, 0.1) is 18.1 Å². The molecule has 2 amide bonds. The smallest absolute Gasteiger partial charge is 0.227 e. The van der Waals surface area contributed by atoms with Gasteiger partial charge in [-0.05, 0) is 18.6 Å². The van der Waals surface area contributed by atoms with Gasteiger partial charge in [0, 0.05) is 59.0 Å². The molecule has 27 heavy (non-hydrogen) atoms. The van der Waals surface area contributed by atoms with Gasteiger partial charge in [0.15, 0.2) is 0 Å². The number of hydrogen-bond donors (Lipinski definition) is 0. The number of pyridine rings is 1. The molecule has 144 valence electrons. The quantitative estimate of drug-likeness (QED) is 0.748. The fourth-order valence-electron chi connectivity index (χ4n) is 3.67. The molecule has 1 atom stereocenters. The largest absolute Gasteiger partial charge is 0.383 e. The Balaban J connectivity index is 1.57. The van der Waals surface area contributed by atoms with E-state index in [1.165, 1.54) is 0 Å². The number of carbonyl (C=O) groups is 2. The van der Waals surface area contributed by atoms with Crippen molar-refractivity contribution in [3.8, 4) is 6.07 Å². The molecule has 2 aliphatic heterocycles. The van der Waals surface area contributed by atoms with Crippen molar-refractivity contribution in [2.75, 3.05) is 57.9 Å². The second-order valence-electron chi connectivity index (χ2n) is 6.87. The molecule has 1 aromatic rings. The summed E-state index contributed by atoms with van der Waals surface area (Å²) >= 11 is 0. The van der Waals surface area contributed by atoms with E-state index in [9.17, 15) is 14.9 Å². The minimum Gasteiger partial charge on any atom is -0.383 e. The number of piperazine rings is 1. The first-order chi connectivity index (χ1) is 13.1. The second kappa shape index (κ2) is 8.82. The Kier molecular flexibility index (Phi) is 6.24. The fraction of sp³-hybridized carbons (Fsp3) is 0.579. The molecule has 2 aliphatic rings. The number of ether oxygens (including phenoxy) is 1. The Labute approximate surface area is 159 Å². The average molecular weight is 371 g/mol. The Hall–Kier alpha value is -2.66. The summed E-state index contributed by atoms with van der Waals surface area (Å²) in [5, 5.41) is 9.25. The molecule has 3 rings (SSSR count). The van der Waals surface area contributed by atoms with Crippen LogP contribution in [0.1, 0.15) is 18.4 Å². The highest BCUT2D eigenvalue weighted by molar-refractivity contribution is 5.84. The third-order valence-electron chi connectivity index (χ3n) is 5.21. The number of anilines is 1. The minimum absolute atomic E-state index is 0.0973. The summed E-state index contributed by atoms with van der Waals surface area (Å²) in [6.45, 7) is 3.98. The van der Waals surface area contributed by atoms with Gasteiger partial charge in [0.2, 0.25) is 11.8 Å². The van der Waals surface area contributed by atoms with Crippen molar-refractivity contribution in [1.82, 2.24) is 14.8 Å². The van der Waals surface area contributed by atoms with Gasteiger partial charge < -0.3 is 19.4 Å². The topological polar surface area (TPSA) is 89.8 Å². The van der Waals surface area contributed by atoms with Crippen molar-refractivity contribution in [2.24, 2.45) is 5.92 Å². The minimum atomic E-state index is -0.143. The number of piperidine rings is 1. The molecule has 0 saturated carbocycles. The molecule has 0 unspecified atom stereocenters. The molecule has 3 heterocycles. The molecule has 0 spiro atoms. The van der Waals surface area contributed by atoms with E-state index in [2.05, 4.69) is 16.0 Å². The van der Waals surface area contributed by atoms with Crippen LogP contribution < -0.4 is 4.90 Å². The molecule has 0 aromatic carbocycles. The van der Waals surface area contributed by atoms with E-state index in [1.54, 1.807) is 30.3 Å². The molecule has 0 bridgehead atoms. The van der Waals surface area contributed by atoms with Crippen LogP contribution in [0.4, 0.5) is 5.82 Å². The van der Waals surface area contributed by atoms with Crippen molar-refractivity contribution in [3.63, 3.8) is 0 Å². The molecule has 0 radical (unpaired) electrons. The summed E-state index contributed by atoms with van der Waals surface area (Å²) in [6, 6.07) is 5.68. The van der Waals surface area contributed by atoms with Crippen LogP contribution in [0.3, 0.4) is 0 Å². The van der Waals surface area contributed by atoms with E-state index in [1.807, 2.05) is 4.90 Å². The van der Waals surface area contributed by atoms with Gasteiger partial charge in [-0.2, -0.15) is 5.26 Å². The van der Waals surface area contributed by atoms with Crippen molar-refractivity contribution < 1.29 is 14.3 Å². The summed E-state index contributed by atoms with van der Waals surface area (Å²) in [7, 11) is 1.61. The normalized spacial score (nSPS) is 20.5. The van der Waals surface area contributed by atoms with Gasteiger partial charge >= 0.3 is 0 Å². The number of nitriles is 1. The molecule has 8 nitrogen and oxygen atoms in total.